The lowest BCUT2D eigenvalue weighted by atomic mass is 10.2. The fourth-order valence-corrected chi connectivity index (χ4v) is 3.11. The van der Waals surface area contributed by atoms with Crippen molar-refractivity contribution in [2.45, 2.75) is 13.5 Å². The summed E-state index contributed by atoms with van der Waals surface area (Å²) in [6.07, 6.45) is 1.64. The summed E-state index contributed by atoms with van der Waals surface area (Å²) in [4.78, 5) is 27.2. The van der Waals surface area contributed by atoms with E-state index in [4.69, 9.17) is 4.74 Å². The lowest BCUT2D eigenvalue weighted by Gasteiger charge is -2.10. The number of benzene rings is 2. The maximum atomic E-state index is 13.7. The van der Waals surface area contributed by atoms with Gasteiger partial charge >= 0.3 is 0 Å². The zero-order chi connectivity index (χ0) is 18.5. The van der Waals surface area contributed by atoms with Crippen LogP contribution in [0.3, 0.4) is 0 Å². The molecule has 0 aromatic heterocycles. The number of ether oxygens (including phenoxy) is 1. The topological polar surface area (TPSA) is 67.8 Å². The molecule has 26 heavy (non-hydrogen) atoms. The van der Waals surface area contributed by atoms with Crippen LogP contribution >= 0.6 is 11.8 Å². The van der Waals surface area contributed by atoms with Gasteiger partial charge in [-0.15, -0.1) is 0 Å². The highest BCUT2D eigenvalue weighted by atomic mass is 32.2. The average molecular weight is 370 g/mol. The third-order valence-electron chi connectivity index (χ3n) is 3.45. The molecule has 0 atom stereocenters. The first-order chi connectivity index (χ1) is 12.5. The largest absolute Gasteiger partial charge is 0.488 e. The molecule has 0 spiro atoms. The number of hydrogen-bond donors (Lipinski definition) is 1. The second-order valence-corrected chi connectivity index (χ2v) is 6.46. The predicted octanol–water partition coefficient (Wildman–Crippen LogP) is 3.51. The third kappa shape index (κ3) is 4.37. The van der Waals surface area contributed by atoms with Crippen LogP contribution < -0.4 is 10.1 Å². The van der Waals surface area contributed by atoms with Crippen molar-refractivity contribution >= 4 is 34.8 Å². The SMILES string of the molecule is CC(=O)NC1=NC(=O)C(=Cc2ccccc2OCc2ccccc2F)S1. The lowest BCUT2D eigenvalue weighted by Crippen LogP contribution is -2.23. The second kappa shape index (κ2) is 7.97. The summed E-state index contributed by atoms with van der Waals surface area (Å²) in [5, 5.41) is 2.74. The van der Waals surface area contributed by atoms with Crippen molar-refractivity contribution in [3.8, 4) is 5.75 Å². The fourth-order valence-electron chi connectivity index (χ4n) is 2.26. The van der Waals surface area contributed by atoms with Gasteiger partial charge < -0.3 is 10.1 Å². The Hall–Kier alpha value is -2.93. The molecule has 1 heterocycles. The number of nitrogens with one attached hydrogen (secondary N) is 1. The maximum absolute atomic E-state index is 13.7. The molecule has 2 aromatic rings. The van der Waals surface area contributed by atoms with Crippen LogP contribution in [0.2, 0.25) is 0 Å². The van der Waals surface area contributed by atoms with Crippen molar-refractivity contribution in [1.29, 1.82) is 0 Å². The number of rotatable bonds is 4. The van der Waals surface area contributed by atoms with Crippen molar-refractivity contribution in [1.82, 2.24) is 5.32 Å². The van der Waals surface area contributed by atoms with Crippen LogP contribution in [-0.4, -0.2) is 17.0 Å². The van der Waals surface area contributed by atoms with E-state index < -0.39 is 5.91 Å². The van der Waals surface area contributed by atoms with Crippen LogP contribution in [0, 0.1) is 5.82 Å². The van der Waals surface area contributed by atoms with Gasteiger partial charge in [0.1, 0.15) is 18.2 Å². The highest BCUT2D eigenvalue weighted by molar-refractivity contribution is 8.18. The van der Waals surface area contributed by atoms with Gasteiger partial charge in [0.2, 0.25) is 5.91 Å². The Balaban J connectivity index is 1.77. The molecule has 0 unspecified atom stereocenters. The molecule has 1 N–H and O–H groups in total. The first-order valence-corrected chi connectivity index (χ1v) is 8.60. The summed E-state index contributed by atoms with van der Waals surface area (Å²) >= 11 is 1.08. The van der Waals surface area contributed by atoms with E-state index in [0.29, 0.717) is 21.8 Å². The number of thioether (sulfide) groups is 1. The van der Waals surface area contributed by atoms with E-state index in [1.165, 1.54) is 13.0 Å². The Kier molecular flexibility index (Phi) is 5.48. The molecule has 3 rings (SSSR count). The molecular weight excluding hydrogens is 355 g/mol. The minimum Gasteiger partial charge on any atom is -0.488 e. The van der Waals surface area contributed by atoms with E-state index in [0.717, 1.165) is 11.8 Å². The van der Waals surface area contributed by atoms with E-state index >= 15 is 0 Å². The highest BCUT2D eigenvalue weighted by Crippen LogP contribution is 2.30. The molecule has 0 radical (unpaired) electrons. The Bertz CT molecular complexity index is 925. The summed E-state index contributed by atoms with van der Waals surface area (Å²) in [6.45, 7) is 1.42. The highest BCUT2D eigenvalue weighted by Gasteiger charge is 2.23. The molecule has 5 nitrogen and oxygen atoms in total. The summed E-state index contributed by atoms with van der Waals surface area (Å²) in [6, 6.07) is 13.5. The van der Waals surface area contributed by atoms with Gasteiger partial charge in [-0.2, -0.15) is 4.99 Å². The summed E-state index contributed by atoms with van der Waals surface area (Å²) in [7, 11) is 0. The van der Waals surface area contributed by atoms with E-state index in [-0.39, 0.29) is 23.5 Å². The molecule has 0 saturated heterocycles. The molecule has 2 amide bonds. The Morgan fingerprint density at radius 1 is 1.23 bits per heavy atom. The second-order valence-electron chi connectivity index (χ2n) is 5.43. The Labute approximate surface area is 154 Å². The number of nitrogens with zero attached hydrogens (tertiary/aromatic N) is 1. The number of aliphatic imine (C=N–C) groups is 1. The first-order valence-electron chi connectivity index (χ1n) is 7.78. The number of halogens is 1. The van der Waals surface area contributed by atoms with Gasteiger partial charge in [0.25, 0.3) is 5.91 Å². The number of carbonyl (C=O) groups excluding carboxylic acids is 2. The minimum atomic E-state index is -0.428. The Morgan fingerprint density at radius 2 is 1.96 bits per heavy atom. The van der Waals surface area contributed by atoms with Crippen LogP contribution in [-0.2, 0) is 16.2 Å². The predicted molar refractivity (Wildman–Crippen MR) is 99.0 cm³/mol. The zero-order valence-electron chi connectivity index (χ0n) is 13.9. The van der Waals surface area contributed by atoms with E-state index in [1.54, 1.807) is 42.5 Å². The number of amidine groups is 1. The van der Waals surface area contributed by atoms with Crippen LogP contribution in [0.15, 0.2) is 58.4 Å². The zero-order valence-corrected chi connectivity index (χ0v) is 14.7. The van der Waals surface area contributed by atoms with Crippen molar-refractivity contribution in [3.63, 3.8) is 0 Å². The molecule has 0 fully saturated rings. The van der Waals surface area contributed by atoms with E-state index in [1.807, 2.05) is 6.07 Å². The normalized spacial score (nSPS) is 15.1. The van der Waals surface area contributed by atoms with Gasteiger partial charge in [0.15, 0.2) is 5.17 Å². The molecule has 1 aliphatic rings. The van der Waals surface area contributed by atoms with Gasteiger partial charge in [-0.05, 0) is 30.0 Å². The van der Waals surface area contributed by atoms with Crippen LogP contribution in [0.1, 0.15) is 18.1 Å². The van der Waals surface area contributed by atoms with Gasteiger partial charge in [0, 0.05) is 18.1 Å². The molecule has 1 aliphatic heterocycles. The number of para-hydroxylation sites is 1. The van der Waals surface area contributed by atoms with Crippen molar-refractivity contribution in [3.05, 3.63) is 70.4 Å². The average Bonchev–Trinajstić information content (AvgIpc) is 2.93. The quantitative estimate of drug-likeness (QED) is 0.837. The number of amides is 2. The van der Waals surface area contributed by atoms with E-state index in [9.17, 15) is 14.0 Å². The maximum Gasteiger partial charge on any atom is 0.286 e. The Morgan fingerprint density at radius 3 is 2.73 bits per heavy atom. The van der Waals surface area contributed by atoms with Gasteiger partial charge in [-0.1, -0.05) is 36.4 Å². The summed E-state index contributed by atoms with van der Waals surface area (Å²) < 4.78 is 19.5. The third-order valence-corrected chi connectivity index (χ3v) is 4.35. The molecule has 7 heteroatoms. The lowest BCUT2D eigenvalue weighted by molar-refractivity contribution is -0.117. The molecule has 0 saturated carbocycles. The molecular formula is C19H15FN2O3S. The van der Waals surface area contributed by atoms with E-state index in [2.05, 4.69) is 10.3 Å². The molecule has 0 aliphatic carbocycles. The summed E-state index contributed by atoms with van der Waals surface area (Å²) in [5.41, 5.74) is 1.11. The monoisotopic (exact) mass is 370 g/mol. The van der Waals surface area contributed by atoms with Crippen LogP contribution in [0.5, 0.6) is 5.75 Å². The molecule has 0 bridgehead atoms. The van der Waals surface area contributed by atoms with Gasteiger partial charge in [-0.3, -0.25) is 9.59 Å². The smallest absolute Gasteiger partial charge is 0.286 e. The number of carbonyl (C=O) groups is 2. The molecule has 132 valence electrons. The minimum absolute atomic E-state index is 0.0710. The van der Waals surface area contributed by atoms with Crippen LogP contribution in [0.25, 0.3) is 6.08 Å². The first kappa shape index (κ1) is 17.9. The van der Waals surface area contributed by atoms with Gasteiger partial charge in [0.05, 0.1) is 4.91 Å². The standard InChI is InChI=1S/C19H15FN2O3S/c1-12(23)21-19-22-18(24)17(26-19)10-13-6-3-5-9-16(13)25-11-14-7-2-4-8-15(14)20/h2-10H,11H2,1H3,(H,21,22,23,24). The van der Waals surface area contributed by atoms with Crippen LogP contribution in [0.4, 0.5) is 4.39 Å². The number of hydrogen-bond acceptors (Lipinski definition) is 4. The van der Waals surface area contributed by atoms with Gasteiger partial charge in [-0.25, -0.2) is 4.39 Å². The molecule has 2 aromatic carbocycles. The van der Waals surface area contributed by atoms with Crippen molar-refractivity contribution < 1.29 is 18.7 Å². The summed E-state index contributed by atoms with van der Waals surface area (Å²) in [5.74, 6) is -0.538. The van der Waals surface area contributed by atoms with Crippen molar-refractivity contribution in [2.24, 2.45) is 4.99 Å². The fraction of sp³-hybridized carbons (Fsp3) is 0.105. The van der Waals surface area contributed by atoms with Crippen molar-refractivity contribution in [2.75, 3.05) is 0 Å².